The van der Waals surface area contributed by atoms with E-state index >= 15 is 0 Å². The number of carbonyl (C=O) groups is 2. The number of thiophene rings is 1. The number of pyridine rings is 1. The number of imidazole rings is 1. The molecule has 1 aliphatic rings. The third kappa shape index (κ3) is 4.69. The Morgan fingerprint density at radius 1 is 1.21 bits per heavy atom. The number of amides is 1. The van der Waals surface area contributed by atoms with Crippen LogP contribution in [0.5, 0.6) is 0 Å². The predicted molar refractivity (Wildman–Crippen MR) is 133 cm³/mol. The molecule has 8 nitrogen and oxygen atoms in total. The van der Waals surface area contributed by atoms with Crippen molar-refractivity contribution in [3.63, 3.8) is 0 Å². The molecule has 1 aliphatic heterocycles. The Kier molecular flexibility index (Phi) is 6.59. The lowest BCUT2D eigenvalue weighted by molar-refractivity contribution is -0.148. The van der Waals surface area contributed by atoms with E-state index in [1.54, 1.807) is 22.7 Å². The number of ether oxygens (including phenoxy) is 1. The lowest BCUT2D eigenvalue weighted by Gasteiger charge is -2.33. The standard InChI is InChI=1S/C24H25N5O3S2/c1-2-32-23(31)16-5-3-9-28(14-16)21-18(7-8-19(27-21)20-6-4-11-33-20)22(30)25-13-17-15-29-10-12-34-24(29)26-17/h4,6-8,10-12,15-16H,2-3,5,9,13-14H2,1H3,(H,25,30). The van der Waals surface area contributed by atoms with E-state index in [9.17, 15) is 9.59 Å². The highest BCUT2D eigenvalue weighted by Crippen LogP contribution is 2.30. The zero-order chi connectivity index (χ0) is 23.5. The van der Waals surface area contributed by atoms with E-state index in [0.717, 1.165) is 40.6 Å². The summed E-state index contributed by atoms with van der Waals surface area (Å²) in [4.78, 5) is 39.0. The molecule has 5 rings (SSSR count). The number of fused-ring (bicyclic) bond motifs is 1. The first-order chi connectivity index (χ1) is 16.6. The second-order valence-electron chi connectivity index (χ2n) is 8.09. The van der Waals surface area contributed by atoms with Gasteiger partial charge in [0.05, 0.1) is 40.9 Å². The minimum absolute atomic E-state index is 0.188. The topological polar surface area (TPSA) is 88.8 Å². The Labute approximate surface area is 205 Å². The summed E-state index contributed by atoms with van der Waals surface area (Å²) in [6.45, 7) is 3.72. The fourth-order valence-electron chi connectivity index (χ4n) is 4.18. The largest absolute Gasteiger partial charge is 0.466 e. The molecule has 0 radical (unpaired) electrons. The summed E-state index contributed by atoms with van der Waals surface area (Å²) in [7, 11) is 0. The van der Waals surface area contributed by atoms with Crippen LogP contribution in [0.1, 0.15) is 35.8 Å². The van der Waals surface area contributed by atoms with Gasteiger partial charge >= 0.3 is 5.97 Å². The number of nitrogens with one attached hydrogen (secondary N) is 1. The van der Waals surface area contributed by atoms with Crippen molar-refractivity contribution in [1.29, 1.82) is 0 Å². The van der Waals surface area contributed by atoms with Gasteiger partial charge < -0.3 is 15.0 Å². The molecular weight excluding hydrogens is 470 g/mol. The molecule has 34 heavy (non-hydrogen) atoms. The number of thiazole rings is 1. The first-order valence-corrected chi connectivity index (χ1v) is 13.0. The fraction of sp³-hybridized carbons (Fsp3) is 0.333. The molecule has 0 saturated carbocycles. The molecule has 176 valence electrons. The van der Waals surface area contributed by atoms with Crippen molar-refractivity contribution in [2.24, 2.45) is 5.92 Å². The van der Waals surface area contributed by atoms with E-state index in [1.807, 2.05) is 63.6 Å². The highest BCUT2D eigenvalue weighted by Gasteiger charge is 2.30. The van der Waals surface area contributed by atoms with Crippen molar-refractivity contribution in [2.75, 3.05) is 24.6 Å². The molecule has 0 aromatic carbocycles. The van der Waals surface area contributed by atoms with Crippen LogP contribution in [-0.4, -0.2) is 45.9 Å². The van der Waals surface area contributed by atoms with E-state index in [0.29, 0.717) is 31.1 Å². The minimum atomic E-state index is -0.227. The minimum Gasteiger partial charge on any atom is -0.466 e. The number of rotatable bonds is 7. The number of piperidine rings is 1. The van der Waals surface area contributed by atoms with Crippen molar-refractivity contribution in [3.05, 3.63) is 58.7 Å². The number of aromatic nitrogens is 3. The van der Waals surface area contributed by atoms with Crippen molar-refractivity contribution >= 4 is 45.3 Å². The fourth-order valence-corrected chi connectivity index (χ4v) is 5.59. The normalized spacial score (nSPS) is 16.0. The van der Waals surface area contributed by atoms with E-state index in [4.69, 9.17) is 9.72 Å². The van der Waals surface area contributed by atoms with Gasteiger partial charge in [-0.25, -0.2) is 9.97 Å². The van der Waals surface area contributed by atoms with E-state index < -0.39 is 0 Å². The first-order valence-electron chi connectivity index (χ1n) is 11.3. The summed E-state index contributed by atoms with van der Waals surface area (Å²) in [5.74, 6) is -0.0271. The number of nitrogens with zero attached hydrogens (tertiary/aromatic N) is 4. The van der Waals surface area contributed by atoms with Crippen LogP contribution >= 0.6 is 22.7 Å². The summed E-state index contributed by atoms with van der Waals surface area (Å²) in [6, 6.07) is 7.70. The van der Waals surface area contributed by atoms with Gasteiger partial charge in [-0.1, -0.05) is 6.07 Å². The number of hydrogen-bond acceptors (Lipinski definition) is 8. The van der Waals surface area contributed by atoms with Crippen LogP contribution in [0.4, 0.5) is 5.82 Å². The van der Waals surface area contributed by atoms with E-state index in [2.05, 4.69) is 10.3 Å². The predicted octanol–water partition coefficient (Wildman–Crippen LogP) is 4.23. The van der Waals surface area contributed by atoms with Crippen LogP contribution < -0.4 is 10.2 Å². The molecule has 5 heterocycles. The van der Waals surface area contributed by atoms with E-state index in [1.165, 1.54) is 0 Å². The Balaban J connectivity index is 1.40. The number of esters is 1. The molecule has 0 bridgehead atoms. The SMILES string of the molecule is CCOC(=O)C1CCCN(c2nc(-c3cccs3)ccc2C(=O)NCc2cn3ccsc3n2)C1. The van der Waals surface area contributed by atoms with Gasteiger partial charge in [-0.2, -0.15) is 0 Å². The van der Waals surface area contributed by atoms with Gasteiger partial charge in [0.25, 0.3) is 5.91 Å². The third-order valence-electron chi connectivity index (χ3n) is 5.81. The average molecular weight is 496 g/mol. The molecule has 4 aromatic rings. The molecule has 1 unspecified atom stereocenters. The molecule has 1 amide bonds. The maximum atomic E-state index is 13.3. The highest BCUT2D eigenvalue weighted by atomic mass is 32.1. The molecule has 1 fully saturated rings. The summed E-state index contributed by atoms with van der Waals surface area (Å²) >= 11 is 3.15. The van der Waals surface area contributed by atoms with Crippen molar-refractivity contribution in [2.45, 2.75) is 26.3 Å². The van der Waals surface area contributed by atoms with Crippen LogP contribution in [0.15, 0.2) is 47.4 Å². The Hall–Kier alpha value is -3.24. The summed E-state index contributed by atoms with van der Waals surface area (Å²) < 4.78 is 7.20. The van der Waals surface area contributed by atoms with Gasteiger partial charge in [0.2, 0.25) is 0 Å². The molecule has 1 saturated heterocycles. The molecule has 4 aromatic heterocycles. The van der Waals surface area contributed by atoms with Gasteiger partial charge in [0.1, 0.15) is 5.82 Å². The van der Waals surface area contributed by atoms with Crippen LogP contribution in [0, 0.1) is 5.92 Å². The molecule has 0 aliphatic carbocycles. The maximum Gasteiger partial charge on any atom is 0.310 e. The van der Waals surface area contributed by atoms with Gasteiger partial charge in [-0.15, -0.1) is 22.7 Å². The van der Waals surface area contributed by atoms with Crippen LogP contribution in [0.2, 0.25) is 0 Å². The zero-order valence-electron chi connectivity index (χ0n) is 18.8. The quantitative estimate of drug-likeness (QED) is 0.386. The second kappa shape index (κ2) is 9.94. The molecule has 10 heteroatoms. The number of carbonyl (C=O) groups excluding carboxylic acids is 2. The summed E-state index contributed by atoms with van der Waals surface area (Å²) in [6.07, 6.45) is 5.47. The lowest BCUT2D eigenvalue weighted by Crippen LogP contribution is -2.41. The number of anilines is 1. The lowest BCUT2D eigenvalue weighted by atomic mass is 9.97. The van der Waals surface area contributed by atoms with Crippen molar-refractivity contribution < 1.29 is 14.3 Å². The Bertz CT molecular complexity index is 1270. The van der Waals surface area contributed by atoms with Crippen LogP contribution in [0.3, 0.4) is 0 Å². The number of hydrogen-bond donors (Lipinski definition) is 1. The van der Waals surface area contributed by atoms with Gasteiger partial charge in [-0.05, 0) is 43.3 Å². The average Bonchev–Trinajstić information content (AvgIpc) is 3.61. The highest BCUT2D eigenvalue weighted by molar-refractivity contribution is 7.15. The Morgan fingerprint density at radius 3 is 2.91 bits per heavy atom. The van der Waals surface area contributed by atoms with Crippen LogP contribution in [0.25, 0.3) is 15.5 Å². The zero-order valence-corrected chi connectivity index (χ0v) is 20.4. The Morgan fingerprint density at radius 2 is 2.12 bits per heavy atom. The first kappa shape index (κ1) is 22.5. The molecular formula is C24H25N5O3S2. The monoisotopic (exact) mass is 495 g/mol. The van der Waals surface area contributed by atoms with Crippen molar-refractivity contribution in [1.82, 2.24) is 19.7 Å². The molecule has 1 N–H and O–H groups in total. The van der Waals surface area contributed by atoms with Gasteiger partial charge in [-0.3, -0.25) is 14.0 Å². The summed E-state index contributed by atoms with van der Waals surface area (Å²) in [5, 5.41) is 6.97. The maximum absolute atomic E-state index is 13.3. The van der Waals surface area contributed by atoms with Gasteiger partial charge in [0.15, 0.2) is 4.96 Å². The molecule has 0 spiro atoms. The summed E-state index contributed by atoms with van der Waals surface area (Å²) in [5.41, 5.74) is 2.10. The molecule has 1 atom stereocenters. The van der Waals surface area contributed by atoms with Gasteiger partial charge in [0, 0.05) is 30.9 Å². The third-order valence-corrected chi connectivity index (χ3v) is 7.47. The van der Waals surface area contributed by atoms with Crippen molar-refractivity contribution in [3.8, 4) is 10.6 Å². The smallest absolute Gasteiger partial charge is 0.310 e. The van der Waals surface area contributed by atoms with E-state index in [-0.39, 0.29) is 17.8 Å². The van der Waals surface area contributed by atoms with Crippen LogP contribution in [-0.2, 0) is 16.1 Å². The second-order valence-corrected chi connectivity index (χ2v) is 9.91.